The third-order valence-corrected chi connectivity index (χ3v) is 4.32. The lowest BCUT2D eigenvalue weighted by atomic mass is 10.0. The molecule has 0 aromatic heterocycles. The molecule has 0 bridgehead atoms. The van der Waals surface area contributed by atoms with E-state index in [2.05, 4.69) is 11.9 Å². The number of nitrogens with zero attached hydrogens (tertiary/aromatic N) is 1. The van der Waals surface area contributed by atoms with Crippen molar-refractivity contribution in [2.45, 2.75) is 52.2 Å². The van der Waals surface area contributed by atoms with Gasteiger partial charge in [0.2, 0.25) is 0 Å². The smallest absolute Gasteiger partial charge is 0.125 e. The summed E-state index contributed by atoms with van der Waals surface area (Å²) in [6, 6.07) is 4.69. The zero-order valence-corrected chi connectivity index (χ0v) is 13.0. The first-order valence-corrected chi connectivity index (χ1v) is 7.66. The summed E-state index contributed by atoms with van der Waals surface area (Å²) in [4.78, 5) is 2.46. The van der Waals surface area contributed by atoms with E-state index in [1.54, 1.807) is 0 Å². The maximum absolute atomic E-state index is 9.21. The Labute approximate surface area is 122 Å². The molecule has 0 saturated carbocycles. The second-order valence-corrected chi connectivity index (χ2v) is 5.98. The molecule has 1 aromatic carbocycles. The van der Waals surface area contributed by atoms with Crippen molar-refractivity contribution in [1.29, 1.82) is 0 Å². The summed E-state index contributed by atoms with van der Waals surface area (Å²) in [5.41, 5.74) is 3.19. The van der Waals surface area contributed by atoms with Gasteiger partial charge in [0.25, 0.3) is 0 Å². The van der Waals surface area contributed by atoms with Crippen LogP contribution in [0.15, 0.2) is 12.1 Å². The van der Waals surface area contributed by atoms with Gasteiger partial charge in [-0.15, -0.1) is 0 Å². The van der Waals surface area contributed by atoms with Crippen LogP contribution in [0.1, 0.15) is 42.4 Å². The van der Waals surface area contributed by atoms with Crippen molar-refractivity contribution in [1.82, 2.24) is 4.90 Å². The van der Waals surface area contributed by atoms with Gasteiger partial charge >= 0.3 is 0 Å². The Bertz CT molecular complexity index is 422. The van der Waals surface area contributed by atoms with Crippen molar-refractivity contribution in [3.63, 3.8) is 0 Å². The lowest BCUT2D eigenvalue weighted by molar-refractivity contribution is 0.152. The largest absolute Gasteiger partial charge is 0.493 e. The highest BCUT2D eigenvalue weighted by molar-refractivity contribution is 5.43. The highest BCUT2D eigenvalue weighted by Crippen LogP contribution is 2.26. The first-order chi connectivity index (χ1) is 9.61. The van der Waals surface area contributed by atoms with Crippen molar-refractivity contribution in [2.75, 3.05) is 20.2 Å². The molecular formula is C17H27NO2. The summed E-state index contributed by atoms with van der Waals surface area (Å²) in [7, 11) is 2.22. The molecule has 3 nitrogen and oxygen atoms in total. The first kappa shape index (κ1) is 15.3. The van der Waals surface area contributed by atoms with Gasteiger partial charge in [-0.1, -0.05) is 18.6 Å². The molecule has 1 saturated heterocycles. The van der Waals surface area contributed by atoms with E-state index < -0.39 is 0 Å². The predicted molar refractivity (Wildman–Crippen MR) is 82.2 cm³/mol. The molecule has 1 aromatic rings. The number of hydrogen-bond acceptors (Lipinski definition) is 3. The molecule has 1 N–H and O–H groups in total. The van der Waals surface area contributed by atoms with Crippen LogP contribution in [-0.4, -0.2) is 36.2 Å². The van der Waals surface area contributed by atoms with Gasteiger partial charge in [0, 0.05) is 6.04 Å². The number of hydrogen-bond donors (Lipinski definition) is 1. The van der Waals surface area contributed by atoms with E-state index in [4.69, 9.17) is 4.74 Å². The Morgan fingerprint density at radius 2 is 1.95 bits per heavy atom. The van der Waals surface area contributed by atoms with Crippen LogP contribution < -0.4 is 4.74 Å². The van der Waals surface area contributed by atoms with Gasteiger partial charge in [-0.2, -0.15) is 0 Å². The standard InChI is InChI=1S/C17H27NO2/c1-13-10-15(12-19)11-14(2)17(13)20-9-7-16-6-4-5-8-18(16)3/h10-11,16,19H,4-9,12H2,1-3H3. The van der Waals surface area contributed by atoms with Crippen molar-refractivity contribution < 1.29 is 9.84 Å². The summed E-state index contributed by atoms with van der Waals surface area (Å²) < 4.78 is 6.01. The fourth-order valence-electron chi connectivity index (χ4n) is 3.16. The number of aliphatic hydroxyl groups excluding tert-OH is 1. The summed E-state index contributed by atoms with van der Waals surface area (Å²) in [5, 5.41) is 9.21. The number of likely N-dealkylation sites (tertiary alicyclic amines) is 1. The Hall–Kier alpha value is -1.06. The number of piperidine rings is 1. The average molecular weight is 277 g/mol. The minimum Gasteiger partial charge on any atom is -0.493 e. The van der Waals surface area contributed by atoms with Crippen LogP contribution in [0.25, 0.3) is 0 Å². The highest BCUT2D eigenvalue weighted by Gasteiger charge is 2.18. The third kappa shape index (κ3) is 3.74. The highest BCUT2D eigenvalue weighted by atomic mass is 16.5. The molecule has 0 radical (unpaired) electrons. The Morgan fingerprint density at radius 1 is 1.25 bits per heavy atom. The monoisotopic (exact) mass is 277 g/mol. The van der Waals surface area contributed by atoms with Crippen molar-refractivity contribution >= 4 is 0 Å². The van der Waals surface area contributed by atoms with Gasteiger partial charge in [0.15, 0.2) is 0 Å². The molecule has 2 rings (SSSR count). The number of benzene rings is 1. The van der Waals surface area contributed by atoms with Crippen LogP contribution in [-0.2, 0) is 6.61 Å². The number of aryl methyl sites for hydroxylation is 2. The van der Waals surface area contributed by atoms with E-state index in [1.807, 2.05) is 26.0 Å². The molecule has 0 spiro atoms. The van der Waals surface area contributed by atoms with Crippen LogP contribution >= 0.6 is 0 Å². The molecule has 0 amide bonds. The molecule has 1 aliphatic heterocycles. The molecule has 1 aliphatic rings. The molecule has 3 heteroatoms. The number of ether oxygens (including phenoxy) is 1. The maximum Gasteiger partial charge on any atom is 0.125 e. The quantitative estimate of drug-likeness (QED) is 0.898. The van der Waals surface area contributed by atoms with Crippen LogP contribution in [0.5, 0.6) is 5.75 Å². The first-order valence-electron chi connectivity index (χ1n) is 7.66. The zero-order chi connectivity index (χ0) is 14.5. The normalized spacial score (nSPS) is 20.1. The van der Waals surface area contributed by atoms with Gasteiger partial charge in [0.05, 0.1) is 13.2 Å². The van der Waals surface area contributed by atoms with Crippen molar-refractivity contribution in [3.05, 3.63) is 28.8 Å². The molecule has 1 atom stereocenters. The predicted octanol–water partition coefficient (Wildman–Crippen LogP) is 3.05. The molecule has 1 unspecified atom stereocenters. The summed E-state index contributed by atoms with van der Waals surface area (Å²) in [5.74, 6) is 0.987. The summed E-state index contributed by atoms with van der Waals surface area (Å²) >= 11 is 0. The summed E-state index contributed by atoms with van der Waals surface area (Å²) in [6.45, 7) is 6.18. The van der Waals surface area contributed by atoms with Gasteiger partial charge in [-0.3, -0.25) is 0 Å². The minimum atomic E-state index is 0.0921. The minimum absolute atomic E-state index is 0.0921. The molecular weight excluding hydrogens is 250 g/mol. The van der Waals surface area contributed by atoms with E-state index >= 15 is 0 Å². The molecule has 20 heavy (non-hydrogen) atoms. The van der Waals surface area contributed by atoms with E-state index in [0.717, 1.165) is 35.5 Å². The maximum atomic E-state index is 9.21. The van der Waals surface area contributed by atoms with Crippen molar-refractivity contribution in [2.24, 2.45) is 0 Å². The van der Waals surface area contributed by atoms with Crippen LogP contribution in [0.2, 0.25) is 0 Å². The van der Waals surface area contributed by atoms with Crippen LogP contribution in [0.4, 0.5) is 0 Å². The lowest BCUT2D eigenvalue weighted by Crippen LogP contribution is -2.37. The zero-order valence-electron chi connectivity index (χ0n) is 13.0. The fraction of sp³-hybridized carbons (Fsp3) is 0.647. The molecule has 0 aliphatic carbocycles. The Kier molecular flexibility index (Phi) is 5.44. The Morgan fingerprint density at radius 3 is 2.55 bits per heavy atom. The molecule has 1 heterocycles. The van der Waals surface area contributed by atoms with Gasteiger partial charge < -0.3 is 14.7 Å². The lowest BCUT2D eigenvalue weighted by Gasteiger charge is -2.32. The average Bonchev–Trinajstić information content (AvgIpc) is 2.43. The van der Waals surface area contributed by atoms with Gasteiger partial charge in [-0.05, 0) is 63.4 Å². The second-order valence-electron chi connectivity index (χ2n) is 5.98. The van der Waals surface area contributed by atoms with Crippen LogP contribution in [0, 0.1) is 13.8 Å². The van der Waals surface area contributed by atoms with Crippen LogP contribution in [0.3, 0.4) is 0 Å². The second kappa shape index (κ2) is 7.09. The van der Waals surface area contributed by atoms with Gasteiger partial charge in [0.1, 0.15) is 5.75 Å². The molecule has 1 fully saturated rings. The van der Waals surface area contributed by atoms with E-state index in [-0.39, 0.29) is 6.61 Å². The SMILES string of the molecule is Cc1cc(CO)cc(C)c1OCCC1CCCCN1C. The topological polar surface area (TPSA) is 32.7 Å². The van der Waals surface area contributed by atoms with E-state index in [0.29, 0.717) is 6.04 Å². The van der Waals surface area contributed by atoms with E-state index in [1.165, 1.54) is 25.8 Å². The molecule has 112 valence electrons. The van der Waals surface area contributed by atoms with Crippen molar-refractivity contribution in [3.8, 4) is 5.75 Å². The fourth-order valence-corrected chi connectivity index (χ4v) is 3.16. The number of aliphatic hydroxyl groups is 1. The Balaban J connectivity index is 1.90. The third-order valence-electron chi connectivity index (χ3n) is 4.32. The van der Waals surface area contributed by atoms with Gasteiger partial charge in [-0.25, -0.2) is 0 Å². The summed E-state index contributed by atoms with van der Waals surface area (Å²) in [6.07, 6.45) is 5.06. The number of rotatable bonds is 5. The van der Waals surface area contributed by atoms with E-state index in [9.17, 15) is 5.11 Å².